The minimum Gasteiger partial charge on any atom is -0.358 e. The highest BCUT2D eigenvalue weighted by atomic mass is 79.9. The number of nitrogens with one attached hydrogen (secondary N) is 4. The van der Waals surface area contributed by atoms with Gasteiger partial charge < -0.3 is 9.97 Å². The number of hydrogen-bond acceptors (Lipinski definition) is 2. The Hall–Kier alpha value is -2.61. The highest BCUT2D eigenvalue weighted by Crippen LogP contribution is 2.23. The summed E-state index contributed by atoms with van der Waals surface area (Å²) in [7, 11) is 0. The molecule has 0 aliphatic heterocycles. The molecule has 2 aromatic heterocycles. The van der Waals surface area contributed by atoms with Gasteiger partial charge in [-0.25, -0.2) is 4.39 Å². The van der Waals surface area contributed by atoms with Gasteiger partial charge >= 0.3 is 0 Å². The highest BCUT2D eigenvalue weighted by Gasteiger charge is 2.14. The van der Waals surface area contributed by atoms with Gasteiger partial charge in [-0.05, 0) is 52.7 Å². The van der Waals surface area contributed by atoms with E-state index >= 15 is 0 Å². The van der Waals surface area contributed by atoms with Crippen LogP contribution in [0.3, 0.4) is 0 Å². The maximum Gasteiger partial charge on any atom is 0.286 e. The Morgan fingerprint density at radius 3 is 2.75 bits per heavy atom. The van der Waals surface area contributed by atoms with Gasteiger partial charge in [0.05, 0.1) is 6.42 Å². The highest BCUT2D eigenvalue weighted by molar-refractivity contribution is 9.10. The van der Waals surface area contributed by atoms with Crippen LogP contribution in [0, 0.1) is 12.7 Å². The fourth-order valence-corrected chi connectivity index (χ4v) is 2.82. The zero-order valence-electron chi connectivity index (χ0n) is 12.7. The topological polar surface area (TPSA) is 89.8 Å². The number of aryl methyl sites for hydroxylation is 1. The van der Waals surface area contributed by atoms with Crippen molar-refractivity contribution >= 4 is 38.6 Å². The Kier molecular flexibility index (Phi) is 4.39. The van der Waals surface area contributed by atoms with Crippen molar-refractivity contribution in [2.45, 2.75) is 13.3 Å². The predicted octanol–water partition coefficient (Wildman–Crippen LogP) is 2.71. The van der Waals surface area contributed by atoms with E-state index in [1.54, 1.807) is 18.3 Å². The van der Waals surface area contributed by atoms with Gasteiger partial charge in [0.15, 0.2) is 0 Å². The molecule has 2 heterocycles. The number of aromatic amines is 2. The first-order valence-corrected chi connectivity index (χ1v) is 7.93. The number of halogens is 2. The van der Waals surface area contributed by atoms with Crippen LogP contribution in [0.5, 0.6) is 0 Å². The Morgan fingerprint density at radius 2 is 2.04 bits per heavy atom. The molecule has 0 atom stereocenters. The van der Waals surface area contributed by atoms with E-state index in [1.807, 2.05) is 6.92 Å². The second-order valence-corrected chi connectivity index (χ2v) is 6.24. The molecule has 24 heavy (non-hydrogen) atoms. The van der Waals surface area contributed by atoms with E-state index in [-0.39, 0.29) is 12.2 Å². The fourth-order valence-electron chi connectivity index (χ4n) is 2.48. The van der Waals surface area contributed by atoms with E-state index in [2.05, 4.69) is 36.7 Å². The Labute approximate surface area is 144 Å². The van der Waals surface area contributed by atoms with Gasteiger partial charge in [0.2, 0.25) is 5.91 Å². The summed E-state index contributed by atoms with van der Waals surface area (Å²) in [6, 6.07) is 5.96. The summed E-state index contributed by atoms with van der Waals surface area (Å²) in [4.78, 5) is 29.8. The first-order valence-electron chi connectivity index (χ1n) is 7.14. The molecule has 0 aliphatic carbocycles. The summed E-state index contributed by atoms with van der Waals surface area (Å²) >= 11 is 3.22. The number of carbonyl (C=O) groups is 2. The molecule has 6 nitrogen and oxygen atoms in total. The smallest absolute Gasteiger partial charge is 0.286 e. The summed E-state index contributed by atoms with van der Waals surface area (Å²) in [6.45, 7) is 1.82. The molecule has 0 unspecified atom stereocenters. The van der Waals surface area contributed by atoms with Gasteiger partial charge in [-0.15, -0.1) is 0 Å². The van der Waals surface area contributed by atoms with E-state index in [0.717, 1.165) is 15.7 Å². The number of hydrazine groups is 1. The van der Waals surface area contributed by atoms with Gasteiger partial charge in [-0.1, -0.05) is 0 Å². The molecular weight excluding hydrogens is 379 g/mol. The lowest BCUT2D eigenvalue weighted by Gasteiger charge is -2.07. The zero-order chi connectivity index (χ0) is 17.3. The lowest BCUT2D eigenvalue weighted by molar-refractivity contribution is -0.121. The van der Waals surface area contributed by atoms with Gasteiger partial charge in [0.25, 0.3) is 5.91 Å². The molecule has 8 heteroatoms. The van der Waals surface area contributed by atoms with Crippen LogP contribution in [0.15, 0.2) is 34.9 Å². The predicted molar refractivity (Wildman–Crippen MR) is 90.8 cm³/mol. The van der Waals surface area contributed by atoms with Crippen LogP contribution < -0.4 is 10.9 Å². The number of rotatable bonds is 3. The SMILES string of the molecule is Cc1[nH]c2ccc(F)cc2c1CC(=O)NNC(=O)c1cc(Br)c[nH]1. The third-order valence-electron chi connectivity index (χ3n) is 3.63. The molecule has 3 rings (SSSR count). The van der Waals surface area contributed by atoms with Crippen molar-refractivity contribution < 1.29 is 14.0 Å². The Morgan fingerprint density at radius 1 is 1.25 bits per heavy atom. The van der Waals surface area contributed by atoms with Crippen LogP contribution >= 0.6 is 15.9 Å². The summed E-state index contributed by atoms with van der Waals surface area (Å²) < 4.78 is 14.2. The van der Waals surface area contributed by atoms with Crippen molar-refractivity contribution in [3.8, 4) is 0 Å². The van der Waals surface area contributed by atoms with Crippen LogP contribution in [-0.4, -0.2) is 21.8 Å². The molecule has 0 aliphatic rings. The minimum atomic E-state index is -0.462. The monoisotopic (exact) mass is 392 g/mol. The molecule has 0 bridgehead atoms. The summed E-state index contributed by atoms with van der Waals surface area (Å²) in [5, 5.41) is 0.655. The Bertz CT molecular complexity index is 931. The number of fused-ring (bicyclic) bond motifs is 1. The van der Waals surface area contributed by atoms with Crippen LogP contribution in [0.1, 0.15) is 21.7 Å². The molecular formula is C16H14BrFN4O2. The molecule has 0 saturated carbocycles. The largest absolute Gasteiger partial charge is 0.358 e. The summed E-state index contributed by atoms with van der Waals surface area (Å²) in [6.07, 6.45) is 1.63. The summed E-state index contributed by atoms with van der Waals surface area (Å²) in [5.41, 5.74) is 7.23. The fraction of sp³-hybridized carbons (Fsp3) is 0.125. The van der Waals surface area contributed by atoms with E-state index in [0.29, 0.717) is 16.6 Å². The lowest BCUT2D eigenvalue weighted by Crippen LogP contribution is -2.42. The number of aromatic nitrogens is 2. The van der Waals surface area contributed by atoms with Crippen LogP contribution in [0.25, 0.3) is 10.9 Å². The number of hydrogen-bond donors (Lipinski definition) is 4. The van der Waals surface area contributed by atoms with E-state index < -0.39 is 11.8 Å². The third-order valence-corrected chi connectivity index (χ3v) is 4.08. The van der Waals surface area contributed by atoms with Crippen molar-refractivity contribution in [1.82, 2.24) is 20.8 Å². The summed E-state index contributed by atoms with van der Waals surface area (Å²) in [5.74, 6) is -1.23. The first-order chi connectivity index (χ1) is 11.4. The molecule has 0 radical (unpaired) electrons. The minimum absolute atomic E-state index is 0.0178. The normalized spacial score (nSPS) is 10.8. The number of benzene rings is 1. The molecule has 3 aromatic rings. The van der Waals surface area contributed by atoms with E-state index in [4.69, 9.17) is 0 Å². The van der Waals surface area contributed by atoms with Gasteiger partial charge in [-0.3, -0.25) is 20.4 Å². The number of carbonyl (C=O) groups excluding carboxylic acids is 2. The molecule has 2 amide bonds. The maximum atomic E-state index is 13.4. The third kappa shape index (κ3) is 3.33. The molecule has 0 spiro atoms. The Balaban J connectivity index is 1.68. The maximum absolute atomic E-state index is 13.4. The zero-order valence-corrected chi connectivity index (χ0v) is 14.3. The van der Waals surface area contributed by atoms with Crippen molar-refractivity contribution in [2.24, 2.45) is 0 Å². The van der Waals surface area contributed by atoms with Crippen LogP contribution in [-0.2, 0) is 11.2 Å². The number of H-pyrrole nitrogens is 2. The average molecular weight is 393 g/mol. The molecule has 4 N–H and O–H groups in total. The molecule has 124 valence electrons. The molecule has 0 saturated heterocycles. The van der Waals surface area contributed by atoms with Gasteiger partial charge in [0.1, 0.15) is 11.5 Å². The van der Waals surface area contributed by atoms with E-state index in [9.17, 15) is 14.0 Å². The van der Waals surface area contributed by atoms with Crippen molar-refractivity contribution in [2.75, 3.05) is 0 Å². The molecule has 1 aromatic carbocycles. The quantitative estimate of drug-likeness (QED) is 0.516. The van der Waals surface area contributed by atoms with Crippen LogP contribution in [0.4, 0.5) is 4.39 Å². The van der Waals surface area contributed by atoms with Gasteiger partial charge in [0, 0.05) is 27.3 Å². The van der Waals surface area contributed by atoms with Gasteiger partial charge in [-0.2, -0.15) is 0 Å². The van der Waals surface area contributed by atoms with Crippen LogP contribution in [0.2, 0.25) is 0 Å². The van der Waals surface area contributed by atoms with Crippen molar-refractivity contribution in [1.29, 1.82) is 0 Å². The van der Waals surface area contributed by atoms with Crippen molar-refractivity contribution in [3.05, 3.63) is 57.7 Å². The van der Waals surface area contributed by atoms with E-state index in [1.165, 1.54) is 12.1 Å². The second kappa shape index (κ2) is 6.48. The molecule has 0 fully saturated rings. The second-order valence-electron chi connectivity index (χ2n) is 5.33. The average Bonchev–Trinajstić information content (AvgIpc) is 3.10. The lowest BCUT2D eigenvalue weighted by atomic mass is 10.1. The van der Waals surface area contributed by atoms with Crippen molar-refractivity contribution in [3.63, 3.8) is 0 Å². The number of amides is 2. The standard InChI is InChI=1S/C16H14BrFN4O2/c1-8-11(12-5-10(18)2-3-13(12)20-8)6-15(23)21-22-16(24)14-4-9(17)7-19-14/h2-5,7,19-20H,6H2,1H3,(H,21,23)(H,22,24). The first kappa shape index (κ1) is 16.3.